The quantitative estimate of drug-likeness (QED) is 0.173. The highest BCUT2D eigenvalue weighted by Gasteiger charge is 2.42. The molecule has 11 rings (SSSR count). The van der Waals surface area contributed by atoms with E-state index in [0.717, 1.165) is 101 Å². The van der Waals surface area contributed by atoms with Gasteiger partial charge in [0.25, 0.3) is 6.71 Å². The molecule has 5 heterocycles. The van der Waals surface area contributed by atoms with Crippen LogP contribution in [-0.2, 0) is 0 Å². The van der Waals surface area contributed by atoms with Gasteiger partial charge in [0.15, 0.2) is 0 Å². The molecule has 0 amide bonds. The number of nitrogens with zero attached hydrogens (tertiary/aromatic N) is 4. The number of rotatable bonds is 3. The van der Waals surface area contributed by atoms with Crippen LogP contribution < -0.4 is 25.9 Å². The molecule has 0 N–H and O–H groups in total. The minimum Gasteiger partial charge on any atom is -0.458 e. The molecule has 0 spiro atoms. The molecule has 0 bridgehead atoms. The normalized spacial score (nSPS) is 12.8. The van der Waals surface area contributed by atoms with Gasteiger partial charge in [-0.1, -0.05) is 60.2 Å². The number of fused-ring (bicyclic) bond motifs is 8. The summed E-state index contributed by atoms with van der Waals surface area (Å²) < 4.78 is 18.4. The van der Waals surface area contributed by atoms with Crippen LogP contribution in [0.25, 0.3) is 55.7 Å². The number of benzene rings is 6. The van der Waals surface area contributed by atoms with E-state index in [1.54, 1.807) is 0 Å². The molecule has 6 aromatic carbocycles. The summed E-state index contributed by atoms with van der Waals surface area (Å²) in [6, 6.07) is 40.9. The van der Waals surface area contributed by atoms with Crippen LogP contribution in [0.3, 0.4) is 0 Å². The van der Waals surface area contributed by atoms with Gasteiger partial charge in [-0.15, -0.1) is 0 Å². The van der Waals surface area contributed by atoms with Gasteiger partial charge in [0.1, 0.15) is 34.6 Å². The largest absolute Gasteiger partial charge is 0.458 e. The van der Waals surface area contributed by atoms with Crippen LogP contribution in [0.4, 0.5) is 0 Å². The Kier molecular flexibility index (Phi) is 6.43. The van der Waals surface area contributed by atoms with Crippen LogP contribution in [0.15, 0.2) is 121 Å². The number of ether oxygens (including phenoxy) is 2. The molecule has 0 saturated heterocycles. The average Bonchev–Trinajstić information content (AvgIpc) is 3.71. The van der Waals surface area contributed by atoms with Crippen LogP contribution in [0.2, 0.25) is 0 Å². The summed E-state index contributed by atoms with van der Waals surface area (Å²) in [4.78, 5) is 10.1. The third-order valence-electron chi connectivity index (χ3n) is 11.3. The molecule has 258 valence electrons. The van der Waals surface area contributed by atoms with Crippen LogP contribution in [0.1, 0.15) is 27.8 Å². The first-order chi connectivity index (χ1) is 26.3. The number of hydrogen-bond donors (Lipinski definition) is 0. The Labute approximate surface area is 313 Å². The van der Waals surface area contributed by atoms with E-state index in [1.807, 2.05) is 18.3 Å². The lowest BCUT2D eigenvalue weighted by Crippen LogP contribution is -2.57. The number of para-hydroxylation sites is 3. The third-order valence-corrected chi connectivity index (χ3v) is 11.3. The lowest BCUT2D eigenvalue weighted by atomic mass is 9.34. The Bertz CT molecular complexity index is 3050. The molecular weight excluding hydrogens is 663 g/mol. The van der Waals surface area contributed by atoms with E-state index >= 15 is 0 Å². The molecule has 0 unspecified atom stereocenters. The van der Waals surface area contributed by atoms with Gasteiger partial charge >= 0.3 is 0 Å². The van der Waals surface area contributed by atoms with E-state index in [-0.39, 0.29) is 6.71 Å². The van der Waals surface area contributed by atoms with Gasteiger partial charge in [0.2, 0.25) is 0 Å². The number of imidazole rings is 1. The zero-order valence-electron chi connectivity index (χ0n) is 30.7. The summed E-state index contributed by atoms with van der Waals surface area (Å²) in [6.07, 6.45) is 1.86. The van der Waals surface area contributed by atoms with Gasteiger partial charge in [-0.05, 0) is 128 Å². The van der Waals surface area contributed by atoms with Gasteiger partial charge in [-0.3, -0.25) is 9.13 Å². The van der Waals surface area contributed by atoms with Crippen molar-refractivity contribution >= 4 is 55.9 Å². The minimum atomic E-state index is -0.138. The van der Waals surface area contributed by atoms with Gasteiger partial charge < -0.3 is 9.47 Å². The van der Waals surface area contributed by atoms with Crippen LogP contribution in [0.5, 0.6) is 23.0 Å². The molecular formula is C47H35BN4O2. The molecule has 0 radical (unpaired) electrons. The first-order valence-corrected chi connectivity index (χ1v) is 18.5. The fourth-order valence-corrected chi connectivity index (χ4v) is 9.25. The Morgan fingerprint density at radius 3 is 2.04 bits per heavy atom. The van der Waals surface area contributed by atoms with Crippen molar-refractivity contribution < 1.29 is 9.47 Å². The highest BCUT2D eigenvalue weighted by molar-refractivity contribution is 6.98. The maximum absolute atomic E-state index is 6.94. The second-order valence-electron chi connectivity index (χ2n) is 14.9. The Balaban J connectivity index is 1.20. The molecule has 0 aliphatic carbocycles. The lowest BCUT2D eigenvalue weighted by molar-refractivity contribution is 0.460. The molecule has 54 heavy (non-hydrogen) atoms. The van der Waals surface area contributed by atoms with Crippen molar-refractivity contribution in [2.75, 3.05) is 0 Å². The second-order valence-corrected chi connectivity index (χ2v) is 14.9. The van der Waals surface area contributed by atoms with E-state index in [9.17, 15) is 0 Å². The second kappa shape index (κ2) is 11.2. The van der Waals surface area contributed by atoms with Gasteiger partial charge in [-0.2, -0.15) is 0 Å². The Morgan fingerprint density at radius 1 is 0.556 bits per heavy atom. The van der Waals surface area contributed by atoms with E-state index in [2.05, 4.69) is 147 Å². The number of hydrogen-bond acceptors (Lipinski definition) is 4. The average molecular weight is 699 g/mol. The molecule has 9 aromatic rings. The molecule has 2 aliphatic rings. The SMILES string of the molecule is Cc1cc(C)c(-n2c(-c3ccc4c(c3)B3c5cc6c(cc5Oc5c(C)cc(C)c(c53)O4)c3ccccc3n6-c3ccccn3)nc3ccccc32)c(C)c1. The first-order valence-electron chi connectivity index (χ1n) is 18.5. The molecule has 3 aromatic heterocycles. The summed E-state index contributed by atoms with van der Waals surface area (Å²) in [6.45, 7) is 10.7. The monoisotopic (exact) mass is 698 g/mol. The number of aryl methyl sites for hydroxylation is 5. The summed E-state index contributed by atoms with van der Waals surface area (Å²) in [7, 11) is 0. The Morgan fingerprint density at radius 2 is 1.26 bits per heavy atom. The third kappa shape index (κ3) is 4.29. The number of aromatic nitrogens is 4. The molecule has 7 heteroatoms. The zero-order chi connectivity index (χ0) is 36.4. The van der Waals surface area contributed by atoms with Crippen molar-refractivity contribution in [2.24, 2.45) is 0 Å². The summed E-state index contributed by atoms with van der Waals surface area (Å²) in [5.74, 6) is 5.22. The Hall–Kier alpha value is -6.60. The lowest BCUT2D eigenvalue weighted by Gasteiger charge is -2.35. The van der Waals surface area contributed by atoms with Crippen molar-refractivity contribution in [3.63, 3.8) is 0 Å². The smallest absolute Gasteiger partial charge is 0.260 e. The molecule has 0 fully saturated rings. The molecule has 0 saturated carbocycles. The predicted molar refractivity (Wildman–Crippen MR) is 220 cm³/mol. The minimum absolute atomic E-state index is 0.138. The van der Waals surface area contributed by atoms with E-state index in [4.69, 9.17) is 19.4 Å². The maximum Gasteiger partial charge on any atom is 0.260 e. The highest BCUT2D eigenvalue weighted by atomic mass is 16.5. The molecule has 2 aliphatic heterocycles. The van der Waals surface area contributed by atoms with Gasteiger partial charge in [0.05, 0.1) is 27.8 Å². The molecule has 6 nitrogen and oxygen atoms in total. The van der Waals surface area contributed by atoms with Crippen LogP contribution in [-0.4, -0.2) is 25.8 Å². The zero-order valence-corrected chi connectivity index (χ0v) is 30.7. The van der Waals surface area contributed by atoms with Crippen molar-refractivity contribution in [3.05, 3.63) is 149 Å². The fourth-order valence-electron chi connectivity index (χ4n) is 9.25. The van der Waals surface area contributed by atoms with Gasteiger partial charge in [0, 0.05) is 28.0 Å². The van der Waals surface area contributed by atoms with Crippen molar-refractivity contribution in [2.45, 2.75) is 34.6 Å². The van der Waals surface area contributed by atoms with E-state index in [0.29, 0.717) is 0 Å². The standard InChI is InChI=1S/C47H35BN4O2/c1-26-20-27(2)44(28(3)21-26)52-38-15-9-7-13-36(38)50-47(52)31-17-18-40-34(23-31)48-35-25-39-33(24-41(35)54-46-30(5)22-29(4)45(53-40)43(46)48)32-12-6-8-14-37(32)51(39)42-16-10-11-19-49-42/h6-25H,1-5H3. The highest BCUT2D eigenvalue weighted by Crippen LogP contribution is 2.42. The van der Waals surface area contributed by atoms with E-state index in [1.165, 1.54) is 22.4 Å². The fraction of sp³-hybridized carbons (Fsp3) is 0.106. The first kappa shape index (κ1) is 31.0. The van der Waals surface area contributed by atoms with Crippen molar-refractivity contribution in [3.8, 4) is 45.9 Å². The van der Waals surface area contributed by atoms with E-state index < -0.39 is 0 Å². The van der Waals surface area contributed by atoms with Crippen molar-refractivity contribution in [1.29, 1.82) is 0 Å². The molecule has 0 atom stereocenters. The predicted octanol–water partition coefficient (Wildman–Crippen LogP) is 9.45. The topological polar surface area (TPSA) is 54.1 Å². The summed E-state index contributed by atoms with van der Waals surface area (Å²) in [5, 5.41) is 2.29. The van der Waals surface area contributed by atoms with Gasteiger partial charge in [-0.25, -0.2) is 9.97 Å². The van der Waals surface area contributed by atoms with Crippen molar-refractivity contribution in [1.82, 2.24) is 19.1 Å². The summed E-state index contributed by atoms with van der Waals surface area (Å²) >= 11 is 0. The summed E-state index contributed by atoms with van der Waals surface area (Å²) in [5.41, 5.74) is 15.5. The maximum atomic E-state index is 6.94. The van der Waals surface area contributed by atoms with Crippen LogP contribution >= 0.6 is 0 Å². The number of pyridine rings is 1. The van der Waals surface area contributed by atoms with Crippen LogP contribution in [0, 0.1) is 34.6 Å².